The van der Waals surface area contributed by atoms with E-state index in [9.17, 15) is 4.79 Å². The smallest absolute Gasteiger partial charge is 0.225 e. The lowest BCUT2D eigenvalue weighted by Gasteiger charge is -2.32. The van der Waals surface area contributed by atoms with E-state index in [2.05, 4.69) is 57.2 Å². The zero-order valence-electron chi connectivity index (χ0n) is 16.0. The van der Waals surface area contributed by atoms with Crippen LogP contribution in [0.5, 0.6) is 0 Å². The number of hydrogen-bond donors (Lipinski definition) is 0. The Morgan fingerprint density at radius 2 is 1.81 bits per heavy atom. The highest BCUT2D eigenvalue weighted by molar-refractivity contribution is 5.79. The van der Waals surface area contributed by atoms with Crippen LogP contribution in [-0.4, -0.2) is 46.9 Å². The van der Waals surface area contributed by atoms with E-state index in [0.29, 0.717) is 11.8 Å². The Morgan fingerprint density at radius 3 is 2.52 bits per heavy atom. The maximum absolute atomic E-state index is 12.9. The Morgan fingerprint density at radius 1 is 1.00 bits per heavy atom. The molecule has 0 spiro atoms. The van der Waals surface area contributed by atoms with Crippen LogP contribution in [0.2, 0.25) is 0 Å². The van der Waals surface area contributed by atoms with Crippen LogP contribution < -0.4 is 0 Å². The normalized spacial score (nSPS) is 21.5. The van der Waals surface area contributed by atoms with Gasteiger partial charge in [-0.1, -0.05) is 42.8 Å². The minimum atomic E-state index is 0.279. The third kappa shape index (κ3) is 4.75. The number of hydrogen-bond acceptors (Lipinski definition) is 3. The lowest BCUT2D eigenvalue weighted by molar-refractivity contribution is -0.138. The van der Waals surface area contributed by atoms with Gasteiger partial charge in [0.15, 0.2) is 0 Å². The van der Waals surface area contributed by atoms with Gasteiger partial charge in [-0.05, 0) is 42.9 Å². The zero-order valence-corrected chi connectivity index (χ0v) is 16.0. The third-order valence-electron chi connectivity index (χ3n) is 5.92. The number of carbonyl (C=O) groups is 1. The number of rotatable bonds is 5. The molecule has 1 amide bonds. The second-order valence-electron chi connectivity index (χ2n) is 8.02. The first-order valence-corrected chi connectivity index (χ1v) is 10.2. The Hall–Kier alpha value is -2.20. The van der Waals surface area contributed by atoms with E-state index in [1.54, 1.807) is 0 Å². The average molecular weight is 364 g/mol. The quantitative estimate of drug-likeness (QED) is 0.817. The molecule has 0 unspecified atom stereocenters. The summed E-state index contributed by atoms with van der Waals surface area (Å²) in [7, 11) is 0. The van der Waals surface area contributed by atoms with Crippen molar-refractivity contribution in [2.24, 2.45) is 11.8 Å². The van der Waals surface area contributed by atoms with E-state index in [-0.39, 0.29) is 5.92 Å². The molecule has 4 nitrogen and oxygen atoms in total. The highest BCUT2D eigenvalue weighted by Crippen LogP contribution is 2.29. The molecule has 1 aromatic heterocycles. The molecular formula is C23H29N3O. The van der Waals surface area contributed by atoms with Gasteiger partial charge < -0.3 is 4.90 Å². The van der Waals surface area contributed by atoms with Crippen molar-refractivity contribution in [3.05, 3.63) is 66.0 Å². The fourth-order valence-corrected chi connectivity index (χ4v) is 4.22. The van der Waals surface area contributed by atoms with E-state index in [4.69, 9.17) is 0 Å². The highest BCUT2D eigenvalue weighted by Gasteiger charge is 2.32. The van der Waals surface area contributed by atoms with E-state index in [1.807, 2.05) is 12.3 Å². The first-order valence-electron chi connectivity index (χ1n) is 10.2. The lowest BCUT2D eigenvalue weighted by Crippen LogP contribution is -2.42. The fraction of sp³-hybridized carbons (Fsp3) is 0.478. The third-order valence-corrected chi connectivity index (χ3v) is 5.92. The van der Waals surface area contributed by atoms with Crippen LogP contribution in [0, 0.1) is 11.8 Å². The topological polar surface area (TPSA) is 36.4 Å². The summed E-state index contributed by atoms with van der Waals surface area (Å²) in [6.45, 7) is 4.62. The number of amides is 1. The van der Waals surface area contributed by atoms with Crippen molar-refractivity contribution >= 4 is 5.91 Å². The molecule has 1 saturated heterocycles. The summed E-state index contributed by atoms with van der Waals surface area (Å²) in [5.41, 5.74) is 2.47. The largest absolute Gasteiger partial charge is 0.341 e. The van der Waals surface area contributed by atoms with Gasteiger partial charge in [-0.25, -0.2) is 0 Å². The molecule has 0 bridgehead atoms. The second-order valence-corrected chi connectivity index (χ2v) is 8.02. The predicted molar refractivity (Wildman–Crippen MR) is 107 cm³/mol. The average Bonchev–Trinajstić information content (AvgIpc) is 2.84. The number of pyridine rings is 1. The second kappa shape index (κ2) is 8.66. The molecule has 1 aliphatic carbocycles. The van der Waals surface area contributed by atoms with Gasteiger partial charge in [0, 0.05) is 50.5 Å². The molecule has 27 heavy (non-hydrogen) atoms. The van der Waals surface area contributed by atoms with Crippen LogP contribution in [0.3, 0.4) is 0 Å². The molecule has 1 aliphatic heterocycles. The monoisotopic (exact) mass is 363 g/mol. The molecule has 4 heteroatoms. The first kappa shape index (κ1) is 18.2. The van der Waals surface area contributed by atoms with Crippen LogP contribution in [0.15, 0.2) is 54.7 Å². The molecule has 2 fully saturated rings. The van der Waals surface area contributed by atoms with Crippen molar-refractivity contribution in [1.29, 1.82) is 0 Å². The van der Waals surface area contributed by atoms with Crippen molar-refractivity contribution in [3.63, 3.8) is 0 Å². The van der Waals surface area contributed by atoms with Crippen molar-refractivity contribution in [2.45, 2.75) is 32.2 Å². The number of aromatic nitrogens is 1. The summed E-state index contributed by atoms with van der Waals surface area (Å²) >= 11 is 0. The van der Waals surface area contributed by atoms with Crippen LogP contribution in [-0.2, 0) is 17.8 Å². The van der Waals surface area contributed by atoms with Crippen molar-refractivity contribution in [1.82, 2.24) is 14.8 Å². The van der Waals surface area contributed by atoms with Gasteiger partial charge in [0.2, 0.25) is 5.91 Å². The molecule has 2 aromatic rings. The molecule has 2 heterocycles. The lowest BCUT2D eigenvalue weighted by atomic mass is 9.84. The van der Waals surface area contributed by atoms with Crippen LogP contribution >= 0.6 is 0 Å². The molecule has 142 valence electrons. The molecule has 0 N–H and O–H groups in total. The highest BCUT2D eigenvalue weighted by atomic mass is 16.2. The summed E-state index contributed by atoms with van der Waals surface area (Å²) in [6.07, 6.45) is 6.16. The summed E-state index contributed by atoms with van der Waals surface area (Å²) in [4.78, 5) is 22.1. The van der Waals surface area contributed by atoms with E-state index in [0.717, 1.165) is 57.7 Å². The fourth-order valence-electron chi connectivity index (χ4n) is 4.22. The van der Waals surface area contributed by atoms with Crippen LogP contribution in [0.25, 0.3) is 0 Å². The van der Waals surface area contributed by atoms with E-state index < -0.39 is 0 Å². The molecule has 0 radical (unpaired) electrons. The Balaban J connectivity index is 1.47. The summed E-state index contributed by atoms with van der Waals surface area (Å²) in [6, 6.07) is 16.8. The van der Waals surface area contributed by atoms with E-state index >= 15 is 0 Å². The molecular weight excluding hydrogens is 334 g/mol. The van der Waals surface area contributed by atoms with Gasteiger partial charge >= 0.3 is 0 Å². The maximum atomic E-state index is 12.9. The van der Waals surface area contributed by atoms with E-state index in [1.165, 1.54) is 12.0 Å². The number of carbonyl (C=O) groups excluding carboxylic acids is 1. The van der Waals surface area contributed by atoms with Gasteiger partial charge in [0.25, 0.3) is 0 Å². The summed E-state index contributed by atoms with van der Waals surface area (Å²) in [5, 5.41) is 0. The molecule has 1 aromatic carbocycles. The predicted octanol–water partition coefficient (Wildman–Crippen LogP) is 3.38. The minimum absolute atomic E-state index is 0.279. The number of benzene rings is 1. The van der Waals surface area contributed by atoms with Gasteiger partial charge in [0.05, 0.1) is 0 Å². The Labute approximate surface area is 162 Å². The van der Waals surface area contributed by atoms with Gasteiger partial charge in [-0.3, -0.25) is 14.7 Å². The van der Waals surface area contributed by atoms with Gasteiger partial charge in [0.1, 0.15) is 0 Å². The minimum Gasteiger partial charge on any atom is -0.341 e. The van der Waals surface area contributed by atoms with Gasteiger partial charge in [-0.2, -0.15) is 0 Å². The Bertz CT molecular complexity index is 730. The van der Waals surface area contributed by atoms with Gasteiger partial charge in [-0.15, -0.1) is 0 Å². The Kier molecular flexibility index (Phi) is 5.83. The summed E-state index contributed by atoms with van der Waals surface area (Å²) in [5.74, 6) is 1.09. The SMILES string of the molecule is O=C(C1CCC1)N1CCN(Cc2ccccc2)C[C@@H](Cc2ccccn2)C1. The van der Waals surface area contributed by atoms with Crippen LogP contribution in [0.4, 0.5) is 0 Å². The molecule has 4 rings (SSSR count). The van der Waals surface area contributed by atoms with Crippen LogP contribution in [0.1, 0.15) is 30.5 Å². The standard InChI is InChI=1S/C23H29N3O/c27-23(21-9-6-10-21)26-14-13-25(16-19-7-2-1-3-8-19)17-20(18-26)15-22-11-4-5-12-24-22/h1-5,7-8,11-12,20-21H,6,9-10,13-18H2/t20-/m1/s1. The first-order chi connectivity index (χ1) is 13.3. The van der Waals surface area contributed by atoms with Crippen molar-refractivity contribution < 1.29 is 4.79 Å². The maximum Gasteiger partial charge on any atom is 0.225 e. The van der Waals surface area contributed by atoms with Crippen molar-refractivity contribution in [3.8, 4) is 0 Å². The number of nitrogens with zero attached hydrogens (tertiary/aromatic N) is 3. The molecule has 1 saturated carbocycles. The molecule has 2 aliphatic rings. The molecule has 1 atom stereocenters. The summed E-state index contributed by atoms with van der Waals surface area (Å²) < 4.78 is 0. The zero-order chi connectivity index (χ0) is 18.5. The van der Waals surface area contributed by atoms with Crippen molar-refractivity contribution in [2.75, 3.05) is 26.2 Å².